The highest BCUT2D eigenvalue weighted by Gasteiger charge is 2.18. The molecule has 0 fully saturated rings. The molecular formula is C23H20N2O7. The van der Waals surface area contributed by atoms with Gasteiger partial charge in [0.1, 0.15) is 6.61 Å². The molecule has 2 bridgehead atoms. The van der Waals surface area contributed by atoms with Gasteiger partial charge in [-0.15, -0.1) is 0 Å². The highest BCUT2D eigenvalue weighted by Crippen LogP contribution is 2.37. The maximum atomic E-state index is 12.2. The van der Waals surface area contributed by atoms with E-state index >= 15 is 0 Å². The first-order valence-electron chi connectivity index (χ1n) is 9.75. The largest absolute Gasteiger partial charge is 0.481 e. The quantitative estimate of drug-likeness (QED) is 0.650. The van der Waals surface area contributed by atoms with Crippen LogP contribution in [0.2, 0.25) is 0 Å². The molecule has 1 aliphatic heterocycles. The Morgan fingerprint density at radius 2 is 1.16 bits per heavy atom. The number of hydroxylamine groups is 2. The van der Waals surface area contributed by atoms with Gasteiger partial charge in [-0.2, -0.15) is 11.0 Å². The van der Waals surface area contributed by atoms with Gasteiger partial charge in [0, 0.05) is 0 Å². The lowest BCUT2D eigenvalue weighted by Gasteiger charge is -2.16. The van der Waals surface area contributed by atoms with Gasteiger partial charge in [-0.05, 0) is 29.8 Å². The van der Waals surface area contributed by atoms with Crippen LogP contribution in [0, 0.1) is 0 Å². The first-order chi connectivity index (χ1) is 15.7. The number of benzene rings is 3. The van der Waals surface area contributed by atoms with E-state index in [1.54, 1.807) is 42.5 Å². The number of rotatable bonds is 3. The fourth-order valence-corrected chi connectivity index (χ4v) is 2.79. The normalized spacial score (nSPS) is 13.9. The molecule has 0 atom stereocenters. The van der Waals surface area contributed by atoms with Crippen LogP contribution in [0.3, 0.4) is 0 Å². The minimum atomic E-state index is -0.538. The third-order valence-electron chi connectivity index (χ3n) is 4.29. The number of fused-ring (bicyclic) bond motifs is 3. The molecule has 164 valence electrons. The molecule has 32 heavy (non-hydrogen) atoms. The summed E-state index contributed by atoms with van der Waals surface area (Å²) < 4.78 is 16.9. The van der Waals surface area contributed by atoms with Gasteiger partial charge in [0.05, 0.1) is 0 Å². The summed E-state index contributed by atoms with van der Waals surface area (Å²) in [6, 6.07) is 20.9. The van der Waals surface area contributed by atoms with Crippen molar-refractivity contribution < 1.29 is 33.5 Å². The Morgan fingerprint density at radius 1 is 0.656 bits per heavy atom. The fourth-order valence-electron chi connectivity index (χ4n) is 2.79. The van der Waals surface area contributed by atoms with Crippen molar-refractivity contribution in [1.82, 2.24) is 11.0 Å². The molecule has 0 radical (unpaired) electrons. The zero-order valence-corrected chi connectivity index (χ0v) is 16.9. The number of carbonyl (C=O) groups excluding carboxylic acids is 2. The van der Waals surface area contributed by atoms with Crippen LogP contribution in [0.15, 0.2) is 72.8 Å². The van der Waals surface area contributed by atoms with Gasteiger partial charge in [-0.25, -0.2) is 0 Å². The van der Waals surface area contributed by atoms with Crippen molar-refractivity contribution in [3.63, 3.8) is 0 Å². The van der Waals surface area contributed by atoms with Crippen LogP contribution in [0.25, 0.3) is 0 Å². The first kappa shape index (κ1) is 20.9. The second kappa shape index (κ2) is 10.1. The number of hydrogen-bond acceptors (Lipinski definition) is 7. The molecule has 3 aromatic rings. The van der Waals surface area contributed by atoms with Crippen LogP contribution in [0.5, 0.6) is 28.7 Å². The predicted molar refractivity (Wildman–Crippen MR) is 112 cm³/mol. The molecule has 0 saturated heterocycles. The molecule has 3 aromatic carbocycles. The summed E-state index contributed by atoms with van der Waals surface area (Å²) in [4.78, 5) is 35.3. The van der Waals surface area contributed by atoms with Crippen LogP contribution >= 0.6 is 0 Å². The van der Waals surface area contributed by atoms with Gasteiger partial charge in [0.15, 0.2) is 24.7 Å². The van der Waals surface area contributed by atoms with E-state index in [0.29, 0.717) is 11.5 Å². The van der Waals surface area contributed by atoms with Gasteiger partial charge in [-0.1, -0.05) is 48.5 Å². The summed E-state index contributed by atoms with van der Waals surface area (Å²) in [6.07, 6.45) is 0. The molecule has 2 amide bonds. The average Bonchev–Trinajstić information content (AvgIpc) is 2.83. The molecule has 0 aliphatic carbocycles. The third-order valence-corrected chi connectivity index (χ3v) is 4.29. The molecule has 0 saturated carbocycles. The number of nitrogens with one attached hydrogen (secondary N) is 2. The van der Waals surface area contributed by atoms with E-state index < -0.39 is 11.8 Å². The Bertz CT molecular complexity index is 1030. The predicted octanol–water partition coefficient (Wildman–Crippen LogP) is 2.56. The van der Waals surface area contributed by atoms with Crippen molar-refractivity contribution in [3.05, 3.63) is 78.4 Å². The molecule has 9 heteroatoms. The van der Waals surface area contributed by atoms with Gasteiger partial charge in [-0.3, -0.25) is 9.59 Å². The molecule has 4 rings (SSSR count). The molecule has 0 aromatic heterocycles. The number of amides is 2. The third kappa shape index (κ3) is 5.39. The van der Waals surface area contributed by atoms with Crippen molar-refractivity contribution in [2.45, 2.75) is 6.61 Å². The lowest BCUT2D eigenvalue weighted by molar-refractivity contribution is -0.130. The van der Waals surface area contributed by atoms with E-state index in [2.05, 4.69) is 11.0 Å². The lowest BCUT2D eigenvalue weighted by atomic mass is 10.2. The Kier molecular flexibility index (Phi) is 6.57. The van der Waals surface area contributed by atoms with Crippen molar-refractivity contribution in [1.29, 1.82) is 0 Å². The van der Waals surface area contributed by atoms with Crippen molar-refractivity contribution in [2.75, 3.05) is 13.2 Å². The zero-order valence-electron chi connectivity index (χ0n) is 16.9. The van der Waals surface area contributed by atoms with Crippen LogP contribution in [-0.4, -0.2) is 25.0 Å². The van der Waals surface area contributed by atoms with E-state index in [-0.39, 0.29) is 37.1 Å². The molecule has 0 spiro atoms. The SMILES string of the molecule is O=C1COc2ccccc2OCC(=O)NOc2cccc(c2OCc2ccccc2)ON1. The molecule has 9 nitrogen and oxygen atoms in total. The first-order valence-corrected chi connectivity index (χ1v) is 9.75. The Balaban J connectivity index is 1.56. The number of carbonyl (C=O) groups is 2. The maximum Gasteiger partial charge on any atom is 0.290 e. The smallest absolute Gasteiger partial charge is 0.290 e. The summed E-state index contributed by atoms with van der Waals surface area (Å²) in [5.74, 6) is 0.0999. The van der Waals surface area contributed by atoms with Crippen molar-refractivity contribution in [2.24, 2.45) is 0 Å². The topological polar surface area (TPSA) is 104 Å². The molecule has 0 unspecified atom stereocenters. The van der Waals surface area contributed by atoms with Crippen LogP contribution in [0.4, 0.5) is 0 Å². The number of ether oxygens (including phenoxy) is 3. The average molecular weight is 436 g/mol. The van der Waals surface area contributed by atoms with Crippen molar-refractivity contribution in [3.8, 4) is 28.7 Å². The molecule has 1 heterocycles. The summed E-state index contributed by atoms with van der Waals surface area (Å²) in [5, 5.41) is 0. The number of para-hydroxylation sites is 3. The second-order valence-corrected chi connectivity index (χ2v) is 6.64. The second-order valence-electron chi connectivity index (χ2n) is 6.64. The highest BCUT2D eigenvalue weighted by atomic mass is 16.7. The Morgan fingerprint density at radius 3 is 1.72 bits per heavy atom. The van der Waals surface area contributed by atoms with Gasteiger partial charge >= 0.3 is 0 Å². The van der Waals surface area contributed by atoms with Gasteiger partial charge < -0.3 is 23.9 Å². The zero-order chi connectivity index (χ0) is 22.2. The standard InChI is InChI=1S/C23H20N2O7/c26-21-14-28-17-9-4-5-10-18(17)29-15-22(27)25-32-20-12-6-11-19(31-24-21)23(20)30-13-16-7-2-1-3-8-16/h1-12H,13-15H2,(H,24,26)(H,25,27). The highest BCUT2D eigenvalue weighted by molar-refractivity contribution is 5.77. The Labute approximate surface area is 183 Å². The lowest BCUT2D eigenvalue weighted by Crippen LogP contribution is -2.32. The fraction of sp³-hybridized carbons (Fsp3) is 0.130. The van der Waals surface area contributed by atoms with E-state index in [9.17, 15) is 9.59 Å². The van der Waals surface area contributed by atoms with E-state index in [1.807, 2.05) is 30.3 Å². The summed E-state index contributed by atoms with van der Waals surface area (Å²) >= 11 is 0. The van der Waals surface area contributed by atoms with Crippen LogP contribution in [-0.2, 0) is 16.2 Å². The van der Waals surface area contributed by atoms with Crippen LogP contribution in [0.1, 0.15) is 5.56 Å². The minimum Gasteiger partial charge on any atom is -0.481 e. The van der Waals surface area contributed by atoms with Gasteiger partial charge in [0.25, 0.3) is 11.8 Å². The molecule has 2 N–H and O–H groups in total. The Hall–Kier alpha value is -4.40. The summed E-state index contributed by atoms with van der Waals surface area (Å²) in [5.41, 5.74) is 5.53. The molecule has 1 aliphatic rings. The van der Waals surface area contributed by atoms with E-state index in [1.165, 1.54) is 0 Å². The van der Waals surface area contributed by atoms with E-state index in [0.717, 1.165) is 5.56 Å². The number of hydrogen-bond donors (Lipinski definition) is 2. The summed E-state index contributed by atoms with van der Waals surface area (Å²) in [6.45, 7) is -0.451. The van der Waals surface area contributed by atoms with Gasteiger partial charge in [0.2, 0.25) is 17.2 Å². The van der Waals surface area contributed by atoms with E-state index in [4.69, 9.17) is 23.9 Å². The molecular weight excluding hydrogens is 416 g/mol. The van der Waals surface area contributed by atoms with Crippen molar-refractivity contribution >= 4 is 11.8 Å². The van der Waals surface area contributed by atoms with Crippen LogP contribution < -0.4 is 34.8 Å². The monoisotopic (exact) mass is 436 g/mol. The maximum absolute atomic E-state index is 12.2. The summed E-state index contributed by atoms with van der Waals surface area (Å²) in [7, 11) is 0. The minimum absolute atomic E-state index is 0.188.